The van der Waals surface area contributed by atoms with Crippen LogP contribution in [0.15, 0.2) is 30.3 Å². The number of aliphatic hydroxyl groups is 2. The second-order valence-corrected chi connectivity index (χ2v) is 8.05. The van der Waals surface area contributed by atoms with Crippen LogP contribution in [0.3, 0.4) is 0 Å². The summed E-state index contributed by atoms with van der Waals surface area (Å²) in [6, 6.07) is 8.69. The van der Waals surface area contributed by atoms with Crippen LogP contribution in [0.5, 0.6) is 0 Å². The van der Waals surface area contributed by atoms with E-state index in [2.05, 4.69) is 16.0 Å². The summed E-state index contributed by atoms with van der Waals surface area (Å²) in [6.07, 6.45) is -2.09. The van der Waals surface area contributed by atoms with Gasteiger partial charge in [0.2, 0.25) is 0 Å². The molecule has 1 aromatic carbocycles. The molecule has 8 heteroatoms. The molecule has 1 aromatic rings. The largest absolute Gasteiger partial charge is 0.444 e. The monoisotopic (exact) mass is 409 g/mol. The lowest BCUT2D eigenvalue weighted by molar-refractivity contribution is -0.131. The Morgan fingerprint density at radius 1 is 1.14 bits per heavy atom. The molecule has 0 radical (unpaired) electrons. The number of alkyl carbamates (subject to hydrolysis) is 1. The Labute approximate surface area is 173 Å². The van der Waals surface area contributed by atoms with Crippen molar-refractivity contribution < 1.29 is 24.5 Å². The first kappa shape index (κ1) is 24.9. The zero-order valence-corrected chi connectivity index (χ0v) is 17.9. The van der Waals surface area contributed by atoms with Crippen molar-refractivity contribution in [3.05, 3.63) is 35.9 Å². The SMILES string of the molecule is CCCC(NC(=O)OC(C)(C)C)C(O)C(=O)NC[C@@H](O)N[C@H](C)c1ccccc1. The Morgan fingerprint density at radius 3 is 2.31 bits per heavy atom. The fourth-order valence-corrected chi connectivity index (χ4v) is 2.75. The lowest BCUT2D eigenvalue weighted by atomic mass is 10.1. The summed E-state index contributed by atoms with van der Waals surface area (Å²) < 4.78 is 5.19. The molecule has 0 bridgehead atoms. The second-order valence-electron chi connectivity index (χ2n) is 8.05. The molecule has 29 heavy (non-hydrogen) atoms. The Morgan fingerprint density at radius 2 is 1.76 bits per heavy atom. The van der Waals surface area contributed by atoms with Gasteiger partial charge in [0, 0.05) is 6.04 Å². The predicted molar refractivity (Wildman–Crippen MR) is 111 cm³/mol. The number of hydrogen-bond acceptors (Lipinski definition) is 6. The number of aliphatic hydroxyl groups excluding tert-OH is 2. The number of hydrogen-bond donors (Lipinski definition) is 5. The normalized spacial score (nSPS) is 15.7. The Hall–Kier alpha value is -2.16. The fraction of sp³-hybridized carbons (Fsp3) is 0.619. The highest BCUT2D eigenvalue weighted by Crippen LogP contribution is 2.12. The molecule has 0 saturated heterocycles. The maximum atomic E-state index is 12.3. The van der Waals surface area contributed by atoms with Crippen LogP contribution in [0.2, 0.25) is 0 Å². The first-order chi connectivity index (χ1) is 13.5. The van der Waals surface area contributed by atoms with Gasteiger partial charge in [0.1, 0.15) is 11.8 Å². The van der Waals surface area contributed by atoms with Crippen LogP contribution in [-0.2, 0) is 9.53 Å². The molecule has 8 nitrogen and oxygen atoms in total. The molecule has 1 rings (SSSR count). The van der Waals surface area contributed by atoms with Crippen LogP contribution in [0.1, 0.15) is 59.1 Å². The molecular formula is C21H35N3O5. The van der Waals surface area contributed by atoms with Gasteiger partial charge in [-0.05, 0) is 39.7 Å². The van der Waals surface area contributed by atoms with E-state index >= 15 is 0 Å². The molecule has 5 N–H and O–H groups in total. The molecule has 0 fully saturated rings. The van der Waals surface area contributed by atoms with Crippen molar-refractivity contribution in [1.82, 2.24) is 16.0 Å². The summed E-state index contributed by atoms with van der Waals surface area (Å²) >= 11 is 0. The molecule has 0 spiro atoms. The fourth-order valence-electron chi connectivity index (χ4n) is 2.75. The van der Waals surface area contributed by atoms with Crippen molar-refractivity contribution in [2.75, 3.05) is 6.54 Å². The van der Waals surface area contributed by atoms with E-state index in [-0.39, 0.29) is 12.6 Å². The van der Waals surface area contributed by atoms with Crippen LogP contribution in [0.4, 0.5) is 4.79 Å². The number of nitrogens with one attached hydrogen (secondary N) is 3. The number of amides is 2. The predicted octanol–water partition coefficient (Wildman–Crippen LogP) is 1.83. The zero-order chi connectivity index (χ0) is 22.0. The molecule has 0 heterocycles. The van der Waals surface area contributed by atoms with E-state index in [1.54, 1.807) is 20.8 Å². The van der Waals surface area contributed by atoms with Crippen LogP contribution < -0.4 is 16.0 Å². The Bertz CT molecular complexity index is 633. The molecule has 0 aliphatic heterocycles. The summed E-state index contributed by atoms with van der Waals surface area (Å²) in [4.78, 5) is 24.3. The number of carbonyl (C=O) groups is 2. The number of carbonyl (C=O) groups excluding carboxylic acids is 2. The maximum Gasteiger partial charge on any atom is 0.407 e. The minimum atomic E-state index is -1.46. The average molecular weight is 410 g/mol. The smallest absolute Gasteiger partial charge is 0.407 e. The zero-order valence-electron chi connectivity index (χ0n) is 17.9. The molecule has 2 unspecified atom stereocenters. The minimum absolute atomic E-state index is 0.0850. The number of ether oxygens (including phenoxy) is 1. The van der Waals surface area contributed by atoms with Crippen LogP contribution in [0.25, 0.3) is 0 Å². The maximum absolute atomic E-state index is 12.3. The van der Waals surface area contributed by atoms with Gasteiger partial charge in [-0.1, -0.05) is 43.7 Å². The second kappa shape index (κ2) is 11.7. The molecule has 0 aromatic heterocycles. The lowest BCUT2D eigenvalue weighted by Gasteiger charge is -2.26. The van der Waals surface area contributed by atoms with Gasteiger partial charge in [0.25, 0.3) is 5.91 Å². The van der Waals surface area contributed by atoms with Crippen molar-refractivity contribution in [1.29, 1.82) is 0 Å². The molecule has 4 atom stereocenters. The average Bonchev–Trinajstić information content (AvgIpc) is 2.64. The molecule has 2 amide bonds. The van der Waals surface area contributed by atoms with Gasteiger partial charge in [0.15, 0.2) is 6.10 Å². The first-order valence-electron chi connectivity index (χ1n) is 9.97. The number of rotatable bonds is 10. The summed E-state index contributed by atoms with van der Waals surface area (Å²) in [5.41, 5.74) is 0.321. The van der Waals surface area contributed by atoms with Crippen molar-refractivity contribution in [2.45, 2.75) is 77.5 Å². The van der Waals surface area contributed by atoms with Crippen LogP contribution in [-0.4, -0.2) is 52.7 Å². The van der Waals surface area contributed by atoms with Gasteiger partial charge in [-0.25, -0.2) is 4.79 Å². The van der Waals surface area contributed by atoms with E-state index in [9.17, 15) is 19.8 Å². The van der Waals surface area contributed by atoms with Gasteiger partial charge in [-0.2, -0.15) is 0 Å². The molecule has 0 aliphatic carbocycles. The summed E-state index contributed by atoms with van der Waals surface area (Å²) in [6.45, 7) is 8.89. The molecular weight excluding hydrogens is 374 g/mol. The first-order valence-corrected chi connectivity index (χ1v) is 9.97. The Balaban J connectivity index is 2.53. The van der Waals surface area contributed by atoms with Crippen molar-refractivity contribution in [3.63, 3.8) is 0 Å². The highest BCUT2D eigenvalue weighted by molar-refractivity contribution is 5.82. The highest BCUT2D eigenvalue weighted by Gasteiger charge is 2.29. The molecule has 0 aliphatic rings. The van der Waals surface area contributed by atoms with E-state index in [0.717, 1.165) is 5.56 Å². The third-order valence-corrected chi connectivity index (χ3v) is 4.16. The van der Waals surface area contributed by atoms with Gasteiger partial charge >= 0.3 is 6.09 Å². The van der Waals surface area contributed by atoms with E-state index in [0.29, 0.717) is 12.8 Å². The van der Waals surface area contributed by atoms with Crippen molar-refractivity contribution in [2.24, 2.45) is 0 Å². The quantitative estimate of drug-likeness (QED) is 0.376. The van der Waals surface area contributed by atoms with E-state index in [1.165, 1.54) is 0 Å². The topological polar surface area (TPSA) is 120 Å². The third kappa shape index (κ3) is 9.74. The van der Waals surface area contributed by atoms with E-state index in [4.69, 9.17) is 4.74 Å². The van der Waals surface area contributed by atoms with Gasteiger partial charge < -0.3 is 25.6 Å². The van der Waals surface area contributed by atoms with Gasteiger partial charge in [-0.3, -0.25) is 10.1 Å². The highest BCUT2D eigenvalue weighted by atomic mass is 16.6. The van der Waals surface area contributed by atoms with Crippen molar-refractivity contribution >= 4 is 12.0 Å². The van der Waals surface area contributed by atoms with Crippen LogP contribution >= 0.6 is 0 Å². The Kier molecular flexibility index (Phi) is 10.1. The van der Waals surface area contributed by atoms with Gasteiger partial charge in [-0.15, -0.1) is 0 Å². The number of benzene rings is 1. The summed E-state index contributed by atoms with van der Waals surface area (Å²) in [7, 11) is 0. The standard InChI is InChI=1S/C21H35N3O5/c1-6-10-16(24-20(28)29-21(3,4)5)18(26)19(27)22-13-17(25)23-14(2)15-11-8-7-9-12-15/h7-9,11-12,14,16-18,23,25-26H,6,10,13H2,1-5H3,(H,22,27)(H,24,28)/t14-,16?,17-,18?/m1/s1. The van der Waals surface area contributed by atoms with E-state index < -0.39 is 36.0 Å². The molecule has 164 valence electrons. The summed E-state index contributed by atoms with van der Waals surface area (Å²) in [5, 5.41) is 28.5. The van der Waals surface area contributed by atoms with Gasteiger partial charge in [0.05, 0.1) is 12.6 Å². The summed E-state index contributed by atoms with van der Waals surface area (Å²) in [5.74, 6) is -0.673. The molecule has 0 saturated carbocycles. The lowest BCUT2D eigenvalue weighted by Crippen LogP contribution is -2.53. The van der Waals surface area contributed by atoms with Crippen molar-refractivity contribution in [3.8, 4) is 0 Å². The van der Waals surface area contributed by atoms with E-state index in [1.807, 2.05) is 44.2 Å². The third-order valence-electron chi connectivity index (χ3n) is 4.16. The van der Waals surface area contributed by atoms with Crippen LogP contribution in [0, 0.1) is 0 Å². The minimum Gasteiger partial charge on any atom is -0.444 e.